The van der Waals surface area contributed by atoms with Crippen LogP contribution in [0.15, 0.2) is 18.2 Å². The van der Waals surface area contributed by atoms with E-state index in [2.05, 4.69) is 9.88 Å². The minimum Gasteiger partial charge on any atom is -0.368 e. The number of nitrogens with one attached hydrogen (secondary N) is 1. The molecule has 2 amide bonds. The van der Waals surface area contributed by atoms with E-state index in [1.807, 2.05) is 39.0 Å². The Hall–Kier alpha value is -2.05. The van der Waals surface area contributed by atoms with Crippen LogP contribution in [0.4, 0.5) is 0 Å². The van der Waals surface area contributed by atoms with Gasteiger partial charge in [0.25, 0.3) is 0 Å². The third-order valence-corrected chi connectivity index (χ3v) is 5.41. The number of rotatable bonds is 4. The summed E-state index contributed by atoms with van der Waals surface area (Å²) >= 11 is 6.12. The fourth-order valence-corrected chi connectivity index (χ4v) is 3.91. The second-order valence-corrected chi connectivity index (χ2v) is 7.62. The van der Waals surface area contributed by atoms with E-state index in [1.54, 1.807) is 4.90 Å². The van der Waals surface area contributed by atoms with Crippen molar-refractivity contribution in [3.8, 4) is 0 Å². The highest BCUT2D eigenvalue weighted by Crippen LogP contribution is 2.26. The number of aromatic amines is 1. The van der Waals surface area contributed by atoms with E-state index in [-0.39, 0.29) is 24.3 Å². The summed E-state index contributed by atoms with van der Waals surface area (Å²) in [5, 5.41) is 1.61. The molecule has 1 saturated heterocycles. The molecule has 0 aliphatic carbocycles. The van der Waals surface area contributed by atoms with Gasteiger partial charge >= 0.3 is 0 Å². The average molecular weight is 377 g/mol. The van der Waals surface area contributed by atoms with E-state index >= 15 is 0 Å². The van der Waals surface area contributed by atoms with Gasteiger partial charge in [0.2, 0.25) is 11.8 Å². The van der Waals surface area contributed by atoms with Gasteiger partial charge in [0.15, 0.2) is 0 Å². The van der Waals surface area contributed by atoms with E-state index in [4.69, 9.17) is 17.3 Å². The number of H-pyrrole nitrogens is 1. The number of fused-ring (bicyclic) bond motifs is 1. The lowest BCUT2D eigenvalue weighted by atomic mass is 10.0. The average Bonchev–Trinajstić information content (AvgIpc) is 2.89. The lowest BCUT2D eigenvalue weighted by molar-refractivity contribution is -0.137. The zero-order chi connectivity index (χ0) is 19.0. The Morgan fingerprint density at radius 3 is 2.73 bits per heavy atom. The first-order valence-electron chi connectivity index (χ1n) is 8.87. The number of nitrogens with zero attached hydrogens (tertiary/aromatic N) is 2. The monoisotopic (exact) mass is 376 g/mol. The van der Waals surface area contributed by atoms with Crippen LogP contribution >= 0.6 is 11.6 Å². The highest BCUT2D eigenvalue weighted by atomic mass is 35.5. The molecule has 1 aliphatic rings. The van der Waals surface area contributed by atoms with Gasteiger partial charge in [0.1, 0.15) is 6.04 Å². The summed E-state index contributed by atoms with van der Waals surface area (Å²) in [7, 11) is 0. The molecule has 0 bridgehead atoms. The van der Waals surface area contributed by atoms with Gasteiger partial charge in [0, 0.05) is 47.3 Å². The number of carbonyl (C=O) groups is 2. The van der Waals surface area contributed by atoms with Crippen LogP contribution in [0.1, 0.15) is 25.1 Å². The summed E-state index contributed by atoms with van der Waals surface area (Å²) in [6, 6.07) is 5.40. The van der Waals surface area contributed by atoms with Crippen LogP contribution in [-0.4, -0.2) is 58.3 Å². The van der Waals surface area contributed by atoms with Gasteiger partial charge in [-0.2, -0.15) is 0 Å². The SMILES string of the molecule is Cc1[nH]c2ccc(Cl)cc2c1CC(=O)N1CCN(C(C)C)C(C(N)=O)C1. The molecule has 2 aromatic rings. The largest absolute Gasteiger partial charge is 0.368 e. The molecule has 140 valence electrons. The number of benzene rings is 1. The molecule has 1 aromatic carbocycles. The molecule has 1 atom stereocenters. The van der Waals surface area contributed by atoms with E-state index in [0.29, 0.717) is 24.7 Å². The van der Waals surface area contributed by atoms with E-state index < -0.39 is 6.04 Å². The first-order valence-corrected chi connectivity index (χ1v) is 9.25. The molecule has 26 heavy (non-hydrogen) atoms. The fraction of sp³-hybridized carbons (Fsp3) is 0.474. The van der Waals surface area contributed by atoms with Crippen LogP contribution in [-0.2, 0) is 16.0 Å². The van der Waals surface area contributed by atoms with Crippen LogP contribution < -0.4 is 5.73 Å². The van der Waals surface area contributed by atoms with Gasteiger partial charge in [-0.05, 0) is 44.5 Å². The third kappa shape index (κ3) is 3.57. The van der Waals surface area contributed by atoms with Crippen molar-refractivity contribution in [1.29, 1.82) is 0 Å². The van der Waals surface area contributed by atoms with Gasteiger partial charge in [-0.15, -0.1) is 0 Å². The molecule has 1 aliphatic heterocycles. The first kappa shape index (κ1) is 18.7. The number of aromatic nitrogens is 1. The molecular formula is C19H25ClN4O2. The van der Waals surface area contributed by atoms with Crippen LogP contribution in [0.2, 0.25) is 5.02 Å². The normalized spacial score (nSPS) is 18.7. The third-order valence-electron chi connectivity index (χ3n) is 5.18. The van der Waals surface area contributed by atoms with Gasteiger partial charge in [-0.3, -0.25) is 14.5 Å². The summed E-state index contributed by atoms with van der Waals surface area (Å²) < 4.78 is 0. The minimum atomic E-state index is -0.439. The van der Waals surface area contributed by atoms with Gasteiger partial charge < -0.3 is 15.6 Å². The van der Waals surface area contributed by atoms with Crippen molar-refractivity contribution in [3.05, 3.63) is 34.5 Å². The summed E-state index contributed by atoms with van der Waals surface area (Å²) in [5.41, 5.74) is 8.45. The lowest BCUT2D eigenvalue weighted by Crippen LogP contribution is -2.61. The molecule has 1 aromatic heterocycles. The van der Waals surface area contributed by atoms with Crippen molar-refractivity contribution < 1.29 is 9.59 Å². The molecule has 0 spiro atoms. The molecule has 7 heteroatoms. The smallest absolute Gasteiger partial charge is 0.236 e. The molecule has 3 rings (SSSR count). The summed E-state index contributed by atoms with van der Waals surface area (Å²) in [5.74, 6) is -0.380. The molecule has 1 unspecified atom stereocenters. The summed E-state index contributed by atoms with van der Waals surface area (Å²) in [6.07, 6.45) is 0.277. The Balaban J connectivity index is 1.80. The molecule has 2 heterocycles. The Morgan fingerprint density at radius 2 is 2.08 bits per heavy atom. The quantitative estimate of drug-likeness (QED) is 0.857. The van der Waals surface area contributed by atoms with Crippen molar-refractivity contribution in [2.45, 2.75) is 39.3 Å². The standard InChI is InChI=1S/C19H25ClN4O2/c1-11(2)24-7-6-23(10-17(24)19(21)26)18(25)9-14-12(3)22-16-5-4-13(20)8-15(14)16/h4-5,8,11,17,22H,6-7,9-10H2,1-3H3,(H2,21,26). The van der Waals surface area contributed by atoms with Crippen LogP contribution in [0, 0.1) is 6.92 Å². The maximum absolute atomic E-state index is 12.9. The predicted molar refractivity (Wildman–Crippen MR) is 103 cm³/mol. The van der Waals surface area contributed by atoms with Gasteiger partial charge in [-0.1, -0.05) is 11.6 Å². The number of primary amides is 1. The second kappa shape index (κ2) is 7.29. The van der Waals surface area contributed by atoms with Gasteiger partial charge in [-0.25, -0.2) is 0 Å². The maximum atomic E-state index is 12.9. The summed E-state index contributed by atoms with van der Waals surface area (Å²) in [4.78, 5) is 31.8. The number of carbonyl (C=O) groups excluding carboxylic acids is 2. The fourth-order valence-electron chi connectivity index (χ4n) is 3.74. The zero-order valence-electron chi connectivity index (χ0n) is 15.4. The van der Waals surface area contributed by atoms with Crippen molar-refractivity contribution in [2.75, 3.05) is 19.6 Å². The van der Waals surface area contributed by atoms with E-state index in [9.17, 15) is 9.59 Å². The number of halogens is 1. The number of hydrogen-bond donors (Lipinski definition) is 2. The van der Waals surface area contributed by atoms with Crippen LogP contribution in [0.3, 0.4) is 0 Å². The molecule has 3 N–H and O–H groups in total. The molecule has 0 saturated carbocycles. The number of hydrogen-bond acceptors (Lipinski definition) is 3. The molecular weight excluding hydrogens is 352 g/mol. The Labute approximate surface area is 158 Å². The van der Waals surface area contributed by atoms with Crippen molar-refractivity contribution >= 4 is 34.3 Å². The highest BCUT2D eigenvalue weighted by Gasteiger charge is 2.34. The first-order chi connectivity index (χ1) is 12.3. The van der Waals surface area contributed by atoms with Crippen molar-refractivity contribution in [1.82, 2.24) is 14.8 Å². The maximum Gasteiger partial charge on any atom is 0.236 e. The zero-order valence-corrected chi connectivity index (χ0v) is 16.1. The van der Waals surface area contributed by atoms with Crippen LogP contribution in [0.25, 0.3) is 10.9 Å². The Morgan fingerprint density at radius 1 is 1.35 bits per heavy atom. The Kier molecular flexibility index (Phi) is 5.25. The molecule has 1 fully saturated rings. The number of nitrogens with two attached hydrogens (primary N) is 1. The number of amides is 2. The van der Waals surface area contributed by atoms with E-state index in [0.717, 1.165) is 22.2 Å². The minimum absolute atomic E-state index is 0.00336. The summed E-state index contributed by atoms with van der Waals surface area (Å²) in [6.45, 7) is 7.62. The van der Waals surface area contributed by atoms with Crippen LogP contribution in [0.5, 0.6) is 0 Å². The topological polar surface area (TPSA) is 82.4 Å². The van der Waals surface area contributed by atoms with Crippen molar-refractivity contribution in [3.63, 3.8) is 0 Å². The number of aryl methyl sites for hydroxylation is 1. The van der Waals surface area contributed by atoms with Crippen molar-refractivity contribution in [2.24, 2.45) is 5.73 Å². The highest BCUT2D eigenvalue weighted by molar-refractivity contribution is 6.31. The van der Waals surface area contributed by atoms with Gasteiger partial charge in [0.05, 0.1) is 6.42 Å². The number of piperazine rings is 1. The molecule has 0 radical (unpaired) electrons. The second-order valence-electron chi connectivity index (χ2n) is 7.18. The predicted octanol–water partition coefficient (Wildman–Crippen LogP) is 2.08. The Bertz CT molecular complexity index is 845. The van der Waals surface area contributed by atoms with E-state index in [1.165, 1.54) is 0 Å². The molecule has 6 nitrogen and oxygen atoms in total. The lowest BCUT2D eigenvalue weighted by Gasteiger charge is -2.42.